The molecule has 0 aliphatic rings. The summed E-state index contributed by atoms with van der Waals surface area (Å²) in [5, 5.41) is 2.51. The number of likely N-dealkylation sites (N-methyl/N-ethyl adjacent to an activating group) is 1. The molecule has 0 aromatic heterocycles. The van der Waals surface area contributed by atoms with Crippen LogP contribution < -0.4 is 10.1 Å². The second-order valence-electron chi connectivity index (χ2n) is 5.71. The summed E-state index contributed by atoms with van der Waals surface area (Å²) in [7, 11) is 1.37. The molecule has 0 radical (unpaired) electrons. The third-order valence-electron chi connectivity index (χ3n) is 3.46. The SMILES string of the molecule is CN(CC(=O)Nc1ccc(F)cc1)C(=O)COC(=O)COc1ccc(F)cc1. The van der Waals surface area contributed by atoms with Gasteiger partial charge in [-0.1, -0.05) is 0 Å². The molecule has 1 N–H and O–H groups in total. The second-order valence-corrected chi connectivity index (χ2v) is 5.71. The number of amides is 2. The summed E-state index contributed by atoms with van der Waals surface area (Å²) in [6.07, 6.45) is 0. The number of ether oxygens (including phenoxy) is 2. The van der Waals surface area contributed by atoms with Gasteiger partial charge in [-0.15, -0.1) is 0 Å². The van der Waals surface area contributed by atoms with E-state index >= 15 is 0 Å². The van der Waals surface area contributed by atoms with Crippen LogP contribution in [0.3, 0.4) is 0 Å². The highest BCUT2D eigenvalue weighted by atomic mass is 19.1. The number of nitrogens with one attached hydrogen (secondary N) is 1. The lowest BCUT2D eigenvalue weighted by Crippen LogP contribution is -2.37. The lowest BCUT2D eigenvalue weighted by atomic mass is 10.3. The van der Waals surface area contributed by atoms with Gasteiger partial charge in [-0.05, 0) is 48.5 Å². The van der Waals surface area contributed by atoms with Crippen molar-refractivity contribution in [3.63, 3.8) is 0 Å². The van der Waals surface area contributed by atoms with Crippen molar-refractivity contribution in [3.8, 4) is 5.75 Å². The number of carbonyl (C=O) groups is 3. The Morgan fingerprint density at radius 3 is 2.11 bits per heavy atom. The van der Waals surface area contributed by atoms with Crippen LogP contribution in [-0.4, -0.2) is 49.5 Å². The van der Waals surface area contributed by atoms with Crippen LogP contribution in [0.4, 0.5) is 14.5 Å². The molecule has 0 spiro atoms. The Bertz CT molecular complexity index is 825. The predicted octanol–water partition coefficient (Wildman–Crippen LogP) is 1.98. The molecule has 0 aliphatic carbocycles. The third kappa shape index (κ3) is 7.02. The molecule has 0 aliphatic heterocycles. The summed E-state index contributed by atoms with van der Waals surface area (Å²) in [6, 6.07) is 10.2. The minimum atomic E-state index is -0.790. The predicted molar refractivity (Wildman–Crippen MR) is 95.5 cm³/mol. The van der Waals surface area contributed by atoms with Crippen LogP contribution in [0.5, 0.6) is 5.75 Å². The standard InChI is InChI=1S/C19H18F2N2O5/c1-23(10-17(24)22-15-6-2-13(20)3-7-15)18(25)11-28-19(26)12-27-16-8-4-14(21)5-9-16/h2-9H,10-12H2,1H3,(H,22,24). The molecule has 2 amide bonds. The van der Waals surface area contributed by atoms with E-state index in [-0.39, 0.29) is 12.3 Å². The first kappa shape index (κ1) is 20.8. The minimum Gasteiger partial charge on any atom is -0.482 e. The fourth-order valence-electron chi connectivity index (χ4n) is 2.00. The van der Waals surface area contributed by atoms with Gasteiger partial charge in [-0.3, -0.25) is 9.59 Å². The average Bonchev–Trinajstić information content (AvgIpc) is 2.67. The normalized spacial score (nSPS) is 10.1. The lowest BCUT2D eigenvalue weighted by Gasteiger charge is -2.17. The molecule has 0 fully saturated rings. The van der Waals surface area contributed by atoms with Crippen molar-refractivity contribution in [2.45, 2.75) is 0 Å². The van der Waals surface area contributed by atoms with Crippen molar-refractivity contribution in [3.05, 3.63) is 60.2 Å². The van der Waals surface area contributed by atoms with Crippen LogP contribution in [0.2, 0.25) is 0 Å². The van der Waals surface area contributed by atoms with Gasteiger partial charge in [0.15, 0.2) is 13.2 Å². The molecule has 148 valence electrons. The number of hydrogen-bond donors (Lipinski definition) is 1. The van der Waals surface area contributed by atoms with Crippen molar-refractivity contribution in [1.29, 1.82) is 0 Å². The maximum Gasteiger partial charge on any atom is 0.344 e. The Kier molecular flexibility index (Phi) is 7.44. The molecule has 0 unspecified atom stereocenters. The van der Waals surface area contributed by atoms with Gasteiger partial charge in [0.1, 0.15) is 17.4 Å². The quantitative estimate of drug-likeness (QED) is 0.695. The zero-order valence-corrected chi connectivity index (χ0v) is 15.0. The number of anilines is 1. The Hall–Kier alpha value is -3.49. The van der Waals surface area contributed by atoms with E-state index in [4.69, 9.17) is 9.47 Å². The smallest absolute Gasteiger partial charge is 0.344 e. The first-order valence-corrected chi connectivity index (χ1v) is 8.17. The van der Waals surface area contributed by atoms with E-state index in [1.54, 1.807) is 0 Å². The molecule has 28 heavy (non-hydrogen) atoms. The Balaban J connectivity index is 1.69. The van der Waals surface area contributed by atoms with E-state index in [1.807, 2.05) is 0 Å². The average molecular weight is 392 g/mol. The van der Waals surface area contributed by atoms with E-state index in [1.165, 1.54) is 55.6 Å². The van der Waals surface area contributed by atoms with Crippen LogP contribution >= 0.6 is 0 Å². The molecule has 9 heteroatoms. The van der Waals surface area contributed by atoms with E-state index < -0.39 is 42.6 Å². The summed E-state index contributed by atoms with van der Waals surface area (Å²) in [6.45, 7) is -1.29. The largest absolute Gasteiger partial charge is 0.482 e. The van der Waals surface area contributed by atoms with Crippen molar-refractivity contribution in [2.75, 3.05) is 32.1 Å². The Labute approximate surface area is 159 Å². The van der Waals surface area contributed by atoms with Crippen molar-refractivity contribution in [2.24, 2.45) is 0 Å². The Morgan fingerprint density at radius 1 is 0.929 bits per heavy atom. The molecular weight excluding hydrogens is 374 g/mol. The summed E-state index contributed by atoms with van der Waals surface area (Å²) >= 11 is 0. The van der Waals surface area contributed by atoms with Gasteiger partial charge in [-0.25, -0.2) is 13.6 Å². The highest BCUT2D eigenvalue weighted by Gasteiger charge is 2.15. The molecule has 2 aromatic carbocycles. The Morgan fingerprint density at radius 2 is 1.50 bits per heavy atom. The summed E-state index contributed by atoms with van der Waals surface area (Å²) in [4.78, 5) is 36.5. The van der Waals surface area contributed by atoms with Gasteiger partial charge in [0.05, 0.1) is 6.54 Å². The second kappa shape index (κ2) is 10.0. The first-order chi connectivity index (χ1) is 13.3. The fourth-order valence-corrected chi connectivity index (χ4v) is 2.00. The molecule has 0 bridgehead atoms. The molecule has 0 heterocycles. The number of nitrogens with zero attached hydrogens (tertiary/aromatic N) is 1. The number of hydrogen-bond acceptors (Lipinski definition) is 5. The van der Waals surface area contributed by atoms with Gasteiger partial charge in [-0.2, -0.15) is 0 Å². The van der Waals surface area contributed by atoms with Gasteiger partial charge in [0, 0.05) is 12.7 Å². The molecule has 2 aromatic rings. The number of esters is 1. The number of benzene rings is 2. The molecular formula is C19H18F2N2O5. The maximum atomic E-state index is 12.8. The number of rotatable bonds is 8. The fraction of sp³-hybridized carbons (Fsp3) is 0.211. The van der Waals surface area contributed by atoms with Crippen LogP contribution in [0.1, 0.15) is 0 Å². The van der Waals surface area contributed by atoms with Crippen molar-refractivity contribution >= 4 is 23.5 Å². The molecule has 2 rings (SSSR count). The molecule has 0 saturated carbocycles. The molecule has 7 nitrogen and oxygen atoms in total. The van der Waals surface area contributed by atoms with Crippen LogP contribution in [-0.2, 0) is 19.1 Å². The summed E-state index contributed by atoms with van der Waals surface area (Å²) < 4.78 is 35.5. The number of carbonyl (C=O) groups excluding carboxylic acids is 3. The van der Waals surface area contributed by atoms with Crippen molar-refractivity contribution < 1.29 is 32.6 Å². The van der Waals surface area contributed by atoms with Crippen LogP contribution in [0, 0.1) is 11.6 Å². The topological polar surface area (TPSA) is 84.9 Å². The summed E-state index contributed by atoms with van der Waals surface area (Å²) in [5.74, 6) is -2.47. The third-order valence-corrected chi connectivity index (χ3v) is 3.46. The monoisotopic (exact) mass is 392 g/mol. The zero-order valence-electron chi connectivity index (χ0n) is 15.0. The van der Waals surface area contributed by atoms with Crippen LogP contribution in [0.15, 0.2) is 48.5 Å². The van der Waals surface area contributed by atoms with E-state index in [9.17, 15) is 23.2 Å². The van der Waals surface area contributed by atoms with Gasteiger partial charge < -0.3 is 19.7 Å². The summed E-state index contributed by atoms with van der Waals surface area (Å²) in [5.41, 5.74) is 0.386. The van der Waals surface area contributed by atoms with Gasteiger partial charge in [0.2, 0.25) is 5.91 Å². The molecule has 0 saturated heterocycles. The van der Waals surface area contributed by atoms with Crippen molar-refractivity contribution in [1.82, 2.24) is 4.90 Å². The van der Waals surface area contributed by atoms with Gasteiger partial charge >= 0.3 is 5.97 Å². The molecule has 0 atom stereocenters. The maximum absolute atomic E-state index is 12.8. The van der Waals surface area contributed by atoms with Gasteiger partial charge in [0.25, 0.3) is 5.91 Å². The van der Waals surface area contributed by atoms with Crippen LogP contribution in [0.25, 0.3) is 0 Å². The van der Waals surface area contributed by atoms with E-state index in [2.05, 4.69) is 5.32 Å². The number of halogens is 2. The zero-order chi connectivity index (χ0) is 20.5. The van der Waals surface area contributed by atoms with E-state index in [0.29, 0.717) is 5.69 Å². The lowest BCUT2D eigenvalue weighted by molar-refractivity contribution is -0.153. The highest BCUT2D eigenvalue weighted by molar-refractivity contribution is 5.94. The minimum absolute atomic E-state index is 0.277. The highest BCUT2D eigenvalue weighted by Crippen LogP contribution is 2.11. The first-order valence-electron chi connectivity index (χ1n) is 8.17. The van der Waals surface area contributed by atoms with E-state index in [0.717, 1.165) is 4.90 Å².